The highest BCUT2D eigenvalue weighted by Gasteiger charge is 2.31. The van der Waals surface area contributed by atoms with E-state index in [2.05, 4.69) is 15.2 Å². The zero-order valence-electron chi connectivity index (χ0n) is 19.7. The molecule has 2 fully saturated rings. The Labute approximate surface area is 203 Å². The van der Waals surface area contributed by atoms with Crippen LogP contribution in [0.2, 0.25) is 0 Å². The second-order valence-corrected chi connectivity index (χ2v) is 9.50. The maximum atomic E-state index is 13.1. The van der Waals surface area contributed by atoms with Crippen molar-refractivity contribution in [3.05, 3.63) is 70.0 Å². The van der Waals surface area contributed by atoms with Crippen molar-refractivity contribution >= 4 is 22.7 Å². The van der Waals surface area contributed by atoms with Crippen LogP contribution in [0, 0.1) is 5.92 Å². The number of aromatic nitrogens is 3. The second kappa shape index (κ2) is 9.95. The molecule has 3 aromatic rings. The summed E-state index contributed by atoms with van der Waals surface area (Å²) in [5.74, 6) is -0.152. The van der Waals surface area contributed by atoms with Crippen molar-refractivity contribution in [1.29, 1.82) is 0 Å². The number of rotatable bonds is 5. The summed E-state index contributed by atoms with van der Waals surface area (Å²) in [5, 5.41) is 8.70. The third-order valence-electron chi connectivity index (χ3n) is 7.36. The van der Waals surface area contributed by atoms with Crippen molar-refractivity contribution in [2.45, 2.75) is 38.3 Å². The first kappa shape index (κ1) is 23.2. The van der Waals surface area contributed by atoms with E-state index in [9.17, 15) is 14.4 Å². The molecule has 2 N–H and O–H groups in total. The number of amides is 2. The van der Waals surface area contributed by atoms with Crippen LogP contribution in [0.25, 0.3) is 10.9 Å². The van der Waals surface area contributed by atoms with E-state index in [1.807, 2.05) is 41.3 Å². The summed E-state index contributed by atoms with van der Waals surface area (Å²) in [6.45, 7) is 3.55. The SMILES string of the molecule is NC(=O)C1CCN(C2CCN(C(=O)c3ccc(Cn4nnc5ccccc5c4=O)cc3)CC2)CC1. The number of hydrogen-bond acceptors (Lipinski definition) is 6. The quantitative estimate of drug-likeness (QED) is 0.601. The lowest BCUT2D eigenvalue weighted by Crippen LogP contribution is -2.49. The van der Waals surface area contributed by atoms with Crippen LogP contribution in [0.5, 0.6) is 0 Å². The Morgan fingerprint density at radius 3 is 2.29 bits per heavy atom. The highest BCUT2D eigenvalue weighted by molar-refractivity contribution is 5.94. The van der Waals surface area contributed by atoms with E-state index in [4.69, 9.17) is 5.73 Å². The van der Waals surface area contributed by atoms with Gasteiger partial charge in [0, 0.05) is 30.6 Å². The van der Waals surface area contributed by atoms with Gasteiger partial charge in [0.2, 0.25) is 5.91 Å². The number of carbonyl (C=O) groups is 2. The van der Waals surface area contributed by atoms with E-state index in [-0.39, 0.29) is 23.3 Å². The molecule has 0 spiro atoms. The van der Waals surface area contributed by atoms with Crippen molar-refractivity contribution < 1.29 is 9.59 Å². The number of nitrogens with two attached hydrogens (primary N) is 1. The Bertz CT molecular complexity index is 1270. The zero-order chi connectivity index (χ0) is 24.4. The van der Waals surface area contributed by atoms with Crippen LogP contribution in [0.1, 0.15) is 41.6 Å². The molecule has 1 aromatic heterocycles. The van der Waals surface area contributed by atoms with Gasteiger partial charge in [-0.15, -0.1) is 5.10 Å². The van der Waals surface area contributed by atoms with Crippen molar-refractivity contribution in [3.8, 4) is 0 Å². The van der Waals surface area contributed by atoms with Gasteiger partial charge < -0.3 is 15.5 Å². The summed E-state index contributed by atoms with van der Waals surface area (Å²) in [4.78, 5) is 41.5. The fraction of sp³-hybridized carbons (Fsp3) is 0.423. The number of piperidine rings is 2. The molecule has 2 aliphatic heterocycles. The van der Waals surface area contributed by atoms with Crippen LogP contribution < -0.4 is 11.3 Å². The van der Waals surface area contributed by atoms with Gasteiger partial charge in [-0.1, -0.05) is 29.5 Å². The van der Waals surface area contributed by atoms with E-state index in [1.165, 1.54) is 4.68 Å². The maximum Gasteiger partial charge on any atom is 0.277 e. The number of fused-ring (bicyclic) bond motifs is 1. The minimum atomic E-state index is -0.187. The van der Waals surface area contributed by atoms with Crippen LogP contribution in [0.3, 0.4) is 0 Å². The Hall–Kier alpha value is -3.59. The highest BCUT2D eigenvalue weighted by atomic mass is 16.2. The largest absolute Gasteiger partial charge is 0.369 e. The smallest absolute Gasteiger partial charge is 0.277 e. The minimum Gasteiger partial charge on any atom is -0.369 e. The van der Waals surface area contributed by atoms with Gasteiger partial charge in [-0.2, -0.15) is 0 Å². The van der Waals surface area contributed by atoms with E-state index >= 15 is 0 Å². The minimum absolute atomic E-state index is 0.00259. The van der Waals surface area contributed by atoms with Crippen molar-refractivity contribution in [2.24, 2.45) is 11.7 Å². The van der Waals surface area contributed by atoms with Gasteiger partial charge >= 0.3 is 0 Å². The number of benzene rings is 2. The van der Waals surface area contributed by atoms with Crippen molar-refractivity contribution in [3.63, 3.8) is 0 Å². The molecule has 0 radical (unpaired) electrons. The van der Waals surface area contributed by atoms with E-state index in [1.54, 1.807) is 12.1 Å². The van der Waals surface area contributed by atoms with Crippen LogP contribution in [0.15, 0.2) is 53.3 Å². The average Bonchev–Trinajstić information content (AvgIpc) is 2.90. The first-order valence-electron chi connectivity index (χ1n) is 12.2. The van der Waals surface area contributed by atoms with E-state index in [0.717, 1.165) is 57.4 Å². The summed E-state index contributed by atoms with van der Waals surface area (Å²) < 4.78 is 1.34. The third kappa shape index (κ3) is 4.95. The average molecular weight is 475 g/mol. The van der Waals surface area contributed by atoms with Gasteiger partial charge in [0.05, 0.1) is 11.9 Å². The topological polar surface area (TPSA) is 114 Å². The molecule has 9 nitrogen and oxygen atoms in total. The molecular weight excluding hydrogens is 444 g/mol. The molecule has 5 rings (SSSR count). The summed E-state index contributed by atoms with van der Waals surface area (Å²) in [6.07, 6.45) is 3.54. The lowest BCUT2D eigenvalue weighted by atomic mass is 9.93. The Morgan fingerprint density at radius 1 is 0.914 bits per heavy atom. The Morgan fingerprint density at radius 2 is 1.60 bits per heavy atom. The van der Waals surface area contributed by atoms with Crippen LogP contribution >= 0.6 is 0 Å². The predicted octanol–water partition coefficient (Wildman–Crippen LogP) is 1.64. The molecule has 3 heterocycles. The van der Waals surface area contributed by atoms with Crippen LogP contribution in [0.4, 0.5) is 0 Å². The molecule has 0 bridgehead atoms. The molecule has 0 atom stereocenters. The van der Waals surface area contributed by atoms with Crippen molar-refractivity contribution in [1.82, 2.24) is 24.8 Å². The molecule has 182 valence electrons. The Balaban J connectivity index is 1.17. The Kier molecular flexibility index (Phi) is 6.59. The van der Waals surface area contributed by atoms with Crippen molar-refractivity contribution in [2.75, 3.05) is 26.2 Å². The van der Waals surface area contributed by atoms with Gasteiger partial charge in [0.25, 0.3) is 11.5 Å². The first-order valence-corrected chi connectivity index (χ1v) is 12.2. The third-order valence-corrected chi connectivity index (χ3v) is 7.36. The van der Waals surface area contributed by atoms with Gasteiger partial charge in [-0.25, -0.2) is 4.68 Å². The second-order valence-electron chi connectivity index (χ2n) is 9.50. The number of carbonyl (C=O) groups excluding carboxylic acids is 2. The normalized spacial score (nSPS) is 18.1. The number of nitrogens with zero attached hydrogens (tertiary/aromatic N) is 5. The van der Waals surface area contributed by atoms with Crippen LogP contribution in [-0.2, 0) is 11.3 Å². The molecule has 35 heavy (non-hydrogen) atoms. The molecule has 0 aliphatic carbocycles. The summed E-state index contributed by atoms with van der Waals surface area (Å²) in [7, 11) is 0. The van der Waals surface area contributed by atoms with Gasteiger partial charge in [-0.3, -0.25) is 14.4 Å². The number of primary amides is 1. The lowest BCUT2D eigenvalue weighted by molar-refractivity contribution is -0.123. The van der Waals surface area contributed by atoms with E-state index < -0.39 is 0 Å². The molecule has 2 aliphatic rings. The van der Waals surface area contributed by atoms with Gasteiger partial charge in [0.15, 0.2) is 0 Å². The molecular formula is C26H30N6O3. The molecule has 2 aromatic carbocycles. The molecule has 2 saturated heterocycles. The molecule has 0 saturated carbocycles. The lowest BCUT2D eigenvalue weighted by Gasteiger charge is -2.41. The van der Waals surface area contributed by atoms with Gasteiger partial charge in [0.1, 0.15) is 5.52 Å². The zero-order valence-corrected chi connectivity index (χ0v) is 19.7. The van der Waals surface area contributed by atoms with E-state index in [0.29, 0.717) is 29.1 Å². The summed E-state index contributed by atoms with van der Waals surface area (Å²) in [6, 6.07) is 15.0. The van der Waals surface area contributed by atoms with Crippen LogP contribution in [-0.4, -0.2) is 68.8 Å². The molecule has 2 amide bonds. The fourth-order valence-electron chi connectivity index (χ4n) is 5.22. The maximum absolute atomic E-state index is 13.1. The molecule has 0 unspecified atom stereocenters. The number of likely N-dealkylation sites (tertiary alicyclic amines) is 2. The van der Waals surface area contributed by atoms with Gasteiger partial charge in [-0.05, 0) is 68.6 Å². The molecule has 9 heteroatoms. The highest BCUT2D eigenvalue weighted by Crippen LogP contribution is 2.24. The predicted molar refractivity (Wildman–Crippen MR) is 132 cm³/mol. The monoisotopic (exact) mass is 474 g/mol. The first-order chi connectivity index (χ1) is 17.0. The summed E-state index contributed by atoms with van der Waals surface area (Å²) >= 11 is 0. The fourth-order valence-corrected chi connectivity index (χ4v) is 5.22. The summed E-state index contributed by atoms with van der Waals surface area (Å²) in [5.41, 5.74) is 7.37. The standard InChI is InChI=1S/C26H30N6O3/c27-24(33)19-9-13-30(14-10-19)21-11-15-31(16-12-21)25(34)20-7-5-18(6-8-20)17-32-26(35)22-3-1-2-4-23(22)28-29-32/h1-8,19,21H,9-17H2,(H2,27,33). The number of hydrogen-bond donors (Lipinski definition) is 1.